The number of aromatic nitrogens is 4. The van der Waals surface area contributed by atoms with E-state index in [0.29, 0.717) is 30.4 Å². The highest BCUT2D eigenvalue weighted by Gasteiger charge is 2.24. The van der Waals surface area contributed by atoms with E-state index in [-0.39, 0.29) is 5.91 Å². The Morgan fingerprint density at radius 1 is 1.00 bits per heavy atom. The molecule has 9 heteroatoms. The lowest BCUT2D eigenvalue weighted by atomic mass is 10.2. The van der Waals surface area contributed by atoms with Crippen molar-refractivity contribution in [3.63, 3.8) is 0 Å². The number of oxazole rings is 1. The lowest BCUT2D eigenvalue weighted by Crippen LogP contribution is -2.48. The van der Waals surface area contributed by atoms with Gasteiger partial charge in [0.2, 0.25) is 5.89 Å². The molecule has 8 nitrogen and oxygen atoms in total. The molecule has 0 bridgehead atoms. The maximum atomic E-state index is 13.0. The molecule has 0 radical (unpaired) electrons. The van der Waals surface area contributed by atoms with Crippen molar-refractivity contribution in [3.05, 3.63) is 95.5 Å². The second-order valence-corrected chi connectivity index (χ2v) is 9.96. The van der Waals surface area contributed by atoms with Crippen molar-refractivity contribution >= 4 is 23.7 Å². The monoisotopic (exact) mass is 514 g/mol. The minimum Gasteiger partial charge on any atom is -0.447 e. The van der Waals surface area contributed by atoms with Gasteiger partial charge in [-0.25, -0.2) is 4.98 Å². The fourth-order valence-electron chi connectivity index (χ4n) is 4.23. The third-order valence-corrected chi connectivity index (χ3v) is 7.23. The lowest BCUT2D eigenvalue weighted by Gasteiger charge is -2.33. The second-order valence-electron chi connectivity index (χ2n) is 9.02. The molecule has 37 heavy (non-hydrogen) atoms. The van der Waals surface area contributed by atoms with Crippen LogP contribution in [0.3, 0.4) is 0 Å². The van der Waals surface area contributed by atoms with Gasteiger partial charge in [-0.15, -0.1) is 10.2 Å². The largest absolute Gasteiger partial charge is 0.447 e. The number of rotatable bonds is 8. The highest BCUT2D eigenvalue weighted by atomic mass is 32.2. The minimum absolute atomic E-state index is 0.0851. The zero-order valence-corrected chi connectivity index (χ0v) is 21.9. The fraction of sp³-hybridized carbons (Fsp3) is 0.286. The Balaban J connectivity index is 1.13. The van der Waals surface area contributed by atoms with E-state index in [1.54, 1.807) is 0 Å². The zero-order valence-electron chi connectivity index (χ0n) is 21.1. The van der Waals surface area contributed by atoms with Crippen LogP contribution >= 0.6 is 11.8 Å². The van der Waals surface area contributed by atoms with Gasteiger partial charge < -0.3 is 9.32 Å². The number of carbonyl (C=O) groups is 1. The van der Waals surface area contributed by atoms with E-state index >= 15 is 0 Å². The van der Waals surface area contributed by atoms with E-state index in [0.717, 1.165) is 36.3 Å². The Kier molecular flexibility index (Phi) is 7.82. The Morgan fingerprint density at radius 2 is 1.76 bits per heavy atom. The van der Waals surface area contributed by atoms with Gasteiger partial charge in [0.1, 0.15) is 12.1 Å². The second kappa shape index (κ2) is 11.6. The Bertz CT molecular complexity index is 1360. The number of thioether (sulfide) groups is 1. The van der Waals surface area contributed by atoms with Crippen molar-refractivity contribution < 1.29 is 9.21 Å². The molecule has 0 unspecified atom stereocenters. The summed E-state index contributed by atoms with van der Waals surface area (Å²) in [7, 11) is 0. The summed E-state index contributed by atoms with van der Waals surface area (Å²) in [6.07, 6.45) is 5.77. The molecule has 4 aromatic rings. The van der Waals surface area contributed by atoms with Crippen LogP contribution in [-0.4, -0.2) is 68.2 Å². The molecule has 0 aliphatic carbocycles. The zero-order chi connectivity index (χ0) is 25.6. The molecule has 1 amide bonds. The highest BCUT2D eigenvalue weighted by molar-refractivity contribution is 7.98. The first-order valence-electron chi connectivity index (χ1n) is 12.4. The van der Waals surface area contributed by atoms with Crippen LogP contribution in [0.5, 0.6) is 0 Å². The predicted octanol–water partition coefficient (Wildman–Crippen LogP) is 4.64. The number of benzene rings is 2. The SMILES string of the molecule is Cc1ccc(-n2c(C)nnc2SCc2nc(C(=O)N3CCN(C/C=C/c4ccccc4)CC3)co2)cc1. The van der Waals surface area contributed by atoms with Gasteiger partial charge in [-0.1, -0.05) is 71.9 Å². The molecule has 2 aromatic carbocycles. The van der Waals surface area contributed by atoms with E-state index in [4.69, 9.17) is 4.42 Å². The molecule has 2 aromatic heterocycles. The molecule has 190 valence electrons. The average Bonchev–Trinajstić information content (AvgIpc) is 3.55. The molecular formula is C28H30N6O2S. The van der Waals surface area contributed by atoms with E-state index in [1.807, 2.05) is 34.6 Å². The average molecular weight is 515 g/mol. The molecule has 0 atom stereocenters. The smallest absolute Gasteiger partial charge is 0.275 e. The molecule has 1 fully saturated rings. The molecule has 0 N–H and O–H groups in total. The van der Waals surface area contributed by atoms with E-state index < -0.39 is 0 Å². The molecule has 0 saturated carbocycles. The van der Waals surface area contributed by atoms with Gasteiger partial charge in [0.15, 0.2) is 10.9 Å². The molecule has 3 heterocycles. The van der Waals surface area contributed by atoms with Gasteiger partial charge in [0.25, 0.3) is 5.91 Å². The van der Waals surface area contributed by atoms with Gasteiger partial charge in [0.05, 0.1) is 5.75 Å². The van der Waals surface area contributed by atoms with E-state index in [1.165, 1.54) is 29.2 Å². The quantitative estimate of drug-likeness (QED) is 0.317. The first kappa shape index (κ1) is 25.0. The summed E-state index contributed by atoms with van der Waals surface area (Å²) in [4.78, 5) is 21.7. The number of nitrogens with zero attached hydrogens (tertiary/aromatic N) is 6. The standard InChI is InChI=1S/C28H30N6O2S/c1-21-10-12-24(13-11-21)34-22(2)30-31-28(34)37-20-26-29-25(19-36-26)27(35)33-17-15-32(16-18-33)14-6-9-23-7-4-3-5-8-23/h3-13,19H,14-18,20H2,1-2H3/b9-6+. The third kappa shape index (κ3) is 6.18. The van der Waals surface area contributed by atoms with Gasteiger partial charge in [-0.3, -0.25) is 14.3 Å². The molecule has 1 aliphatic heterocycles. The van der Waals surface area contributed by atoms with E-state index in [9.17, 15) is 4.79 Å². The molecule has 5 rings (SSSR count). The Morgan fingerprint density at radius 3 is 2.51 bits per heavy atom. The third-order valence-electron chi connectivity index (χ3n) is 6.32. The van der Waals surface area contributed by atoms with Gasteiger partial charge in [-0.2, -0.15) is 0 Å². The van der Waals surface area contributed by atoms with Crippen LogP contribution in [0.2, 0.25) is 0 Å². The Labute approximate surface area is 221 Å². The maximum absolute atomic E-state index is 13.0. The number of amides is 1. The van der Waals surface area contributed by atoms with Gasteiger partial charge >= 0.3 is 0 Å². The number of hydrogen-bond acceptors (Lipinski definition) is 7. The van der Waals surface area contributed by atoms with Crippen LogP contribution in [0.25, 0.3) is 11.8 Å². The van der Waals surface area contributed by atoms with Crippen LogP contribution in [0.15, 0.2) is 76.5 Å². The number of aryl methyl sites for hydroxylation is 2. The fourth-order valence-corrected chi connectivity index (χ4v) is 5.08. The van der Waals surface area contributed by atoms with Crippen molar-refractivity contribution in [2.24, 2.45) is 0 Å². The minimum atomic E-state index is -0.0851. The lowest BCUT2D eigenvalue weighted by molar-refractivity contribution is 0.0644. The van der Waals surface area contributed by atoms with E-state index in [2.05, 4.69) is 75.6 Å². The van der Waals surface area contributed by atoms with Gasteiger partial charge in [0, 0.05) is 38.4 Å². The topological polar surface area (TPSA) is 80.3 Å². The summed E-state index contributed by atoms with van der Waals surface area (Å²) in [6, 6.07) is 18.5. The van der Waals surface area contributed by atoms with Gasteiger partial charge in [-0.05, 0) is 31.5 Å². The van der Waals surface area contributed by atoms with Crippen LogP contribution in [-0.2, 0) is 5.75 Å². The van der Waals surface area contributed by atoms with Crippen LogP contribution in [0, 0.1) is 13.8 Å². The van der Waals surface area contributed by atoms with Crippen molar-refractivity contribution in [2.45, 2.75) is 24.8 Å². The number of carbonyl (C=O) groups excluding carboxylic acids is 1. The molecule has 1 saturated heterocycles. The van der Waals surface area contributed by atoms with Crippen molar-refractivity contribution in [3.8, 4) is 5.69 Å². The summed E-state index contributed by atoms with van der Waals surface area (Å²) < 4.78 is 7.63. The summed E-state index contributed by atoms with van der Waals surface area (Å²) in [5.41, 5.74) is 3.75. The maximum Gasteiger partial charge on any atom is 0.275 e. The van der Waals surface area contributed by atoms with Crippen molar-refractivity contribution in [1.29, 1.82) is 0 Å². The molecule has 0 spiro atoms. The van der Waals surface area contributed by atoms with Crippen LogP contribution < -0.4 is 0 Å². The van der Waals surface area contributed by atoms with Crippen LogP contribution in [0.1, 0.15) is 33.3 Å². The van der Waals surface area contributed by atoms with Crippen LogP contribution in [0.4, 0.5) is 0 Å². The van der Waals surface area contributed by atoms with Crippen molar-refractivity contribution in [2.75, 3.05) is 32.7 Å². The normalized spacial score (nSPS) is 14.5. The summed E-state index contributed by atoms with van der Waals surface area (Å²) in [6.45, 7) is 7.87. The predicted molar refractivity (Wildman–Crippen MR) is 145 cm³/mol. The summed E-state index contributed by atoms with van der Waals surface area (Å²) in [5.74, 6) is 1.68. The number of hydrogen-bond donors (Lipinski definition) is 0. The molecule has 1 aliphatic rings. The summed E-state index contributed by atoms with van der Waals surface area (Å²) >= 11 is 1.48. The first-order valence-corrected chi connectivity index (χ1v) is 13.3. The number of piperazine rings is 1. The molecular weight excluding hydrogens is 484 g/mol. The Hall–Kier alpha value is -3.69. The van der Waals surface area contributed by atoms with Crippen molar-refractivity contribution in [1.82, 2.24) is 29.5 Å². The summed E-state index contributed by atoms with van der Waals surface area (Å²) in [5, 5.41) is 9.30. The highest BCUT2D eigenvalue weighted by Crippen LogP contribution is 2.25. The first-order chi connectivity index (χ1) is 18.1.